The zero-order chi connectivity index (χ0) is 21.7. The first-order valence-corrected chi connectivity index (χ1v) is 11.2. The van der Waals surface area contributed by atoms with Crippen LogP contribution in [0.5, 0.6) is 0 Å². The van der Waals surface area contributed by atoms with E-state index in [-0.39, 0.29) is 12.2 Å². The number of likely N-dealkylation sites (tertiary alicyclic amines) is 1. The number of ether oxygens (including phenoxy) is 3. The van der Waals surface area contributed by atoms with Crippen molar-refractivity contribution in [3.63, 3.8) is 0 Å². The molecule has 2 fully saturated rings. The minimum absolute atomic E-state index is 0.0837. The summed E-state index contributed by atoms with van der Waals surface area (Å²) < 4.78 is 17.0. The van der Waals surface area contributed by atoms with Crippen LogP contribution in [0.25, 0.3) is 0 Å². The van der Waals surface area contributed by atoms with E-state index in [0.29, 0.717) is 25.3 Å². The van der Waals surface area contributed by atoms with Crippen LogP contribution in [0.2, 0.25) is 5.02 Å². The molecular formula is C23H35ClN2O4. The second-order valence-corrected chi connectivity index (χ2v) is 9.73. The molecule has 1 aromatic carbocycles. The van der Waals surface area contributed by atoms with E-state index in [4.69, 9.17) is 25.8 Å². The SMILES string of the molecule is COCC1CN(C2CCN(C(=O)OC(C)(C)C)CC2)[C@@H](Cc2ccc(Cl)cc2)CO1. The standard InChI is InChI=1S/C23H35ClN2O4/c1-23(2,3)30-22(27)25-11-9-19(10-12-25)26-14-21(16-28-4)29-15-20(26)13-17-5-7-18(24)8-6-17/h5-8,19-21H,9-16H2,1-4H3/t20-,21?/m0/s1. The predicted octanol–water partition coefficient (Wildman–Crippen LogP) is 4.00. The Bertz CT molecular complexity index is 683. The summed E-state index contributed by atoms with van der Waals surface area (Å²) in [4.78, 5) is 16.8. The Kier molecular flexibility index (Phi) is 8.02. The number of carbonyl (C=O) groups is 1. The molecule has 2 aliphatic heterocycles. The van der Waals surface area contributed by atoms with E-state index in [0.717, 1.165) is 43.9 Å². The van der Waals surface area contributed by atoms with Gasteiger partial charge in [-0.15, -0.1) is 0 Å². The quantitative estimate of drug-likeness (QED) is 0.695. The summed E-state index contributed by atoms with van der Waals surface area (Å²) in [6.07, 6.45) is 2.67. The number of piperidine rings is 1. The predicted molar refractivity (Wildman–Crippen MR) is 118 cm³/mol. The monoisotopic (exact) mass is 438 g/mol. The number of hydrogen-bond acceptors (Lipinski definition) is 5. The highest BCUT2D eigenvalue weighted by atomic mass is 35.5. The Morgan fingerprint density at radius 1 is 1.20 bits per heavy atom. The van der Waals surface area contributed by atoms with Crippen LogP contribution in [0, 0.1) is 0 Å². The van der Waals surface area contributed by atoms with Crippen molar-refractivity contribution in [3.8, 4) is 0 Å². The van der Waals surface area contributed by atoms with Gasteiger partial charge in [0.05, 0.1) is 19.3 Å². The second-order valence-electron chi connectivity index (χ2n) is 9.29. The smallest absolute Gasteiger partial charge is 0.410 e. The molecule has 6 nitrogen and oxygen atoms in total. The van der Waals surface area contributed by atoms with Gasteiger partial charge < -0.3 is 19.1 Å². The zero-order valence-corrected chi connectivity index (χ0v) is 19.4. The van der Waals surface area contributed by atoms with Crippen molar-refractivity contribution in [2.45, 2.75) is 63.8 Å². The van der Waals surface area contributed by atoms with Gasteiger partial charge in [-0.3, -0.25) is 4.90 Å². The number of hydrogen-bond donors (Lipinski definition) is 0. The fraction of sp³-hybridized carbons (Fsp3) is 0.696. The Labute approximate surface area is 185 Å². The minimum atomic E-state index is -0.463. The van der Waals surface area contributed by atoms with Crippen LogP contribution < -0.4 is 0 Å². The van der Waals surface area contributed by atoms with Gasteiger partial charge in [-0.25, -0.2) is 4.79 Å². The summed E-state index contributed by atoms with van der Waals surface area (Å²) in [7, 11) is 1.72. The van der Waals surface area contributed by atoms with E-state index < -0.39 is 5.60 Å². The van der Waals surface area contributed by atoms with Crippen molar-refractivity contribution in [3.05, 3.63) is 34.9 Å². The van der Waals surface area contributed by atoms with Gasteiger partial charge in [0, 0.05) is 43.9 Å². The maximum Gasteiger partial charge on any atom is 0.410 e. The normalized spacial score (nSPS) is 24.1. The largest absolute Gasteiger partial charge is 0.444 e. The summed E-state index contributed by atoms with van der Waals surface area (Å²) in [5.41, 5.74) is 0.796. The van der Waals surface area contributed by atoms with Gasteiger partial charge in [0.15, 0.2) is 0 Å². The van der Waals surface area contributed by atoms with Gasteiger partial charge in [-0.1, -0.05) is 23.7 Å². The number of halogens is 1. The number of rotatable bonds is 5. The van der Waals surface area contributed by atoms with E-state index in [1.165, 1.54) is 5.56 Å². The molecule has 2 heterocycles. The van der Waals surface area contributed by atoms with Gasteiger partial charge in [0.1, 0.15) is 5.60 Å². The lowest BCUT2D eigenvalue weighted by molar-refractivity contribution is -0.106. The average Bonchev–Trinajstić information content (AvgIpc) is 2.70. The molecule has 0 spiro atoms. The van der Waals surface area contributed by atoms with Gasteiger partial charge in [0.2, 0.25) is 0 Å². The molecular weight excluding hydrogens is 404 g/mol. The van der Waals surface area contributed by atoms with Crippen molar-refractivity contribution in [2.75, 3.05) is 40.0 Å². The second kappa shape index (κ2) is 10.3. The summed E-state index contributed by atoms with van der Waals surface area (Å²) in [6.45, 7) is 9.29. The van der Waals surface area contributed by atoms with Gasteiger partial charge in [0.25, 0.3) is 0 Å². The third kappa shape index (κ3) is 6.58. The molecule has 0 aliphatic carbocycles. The lowest BCUT2D eigenvalue weighted by Gasteiger charge is -2.46. The van der Waals surface area contributed by atoms with E-state index in [2.05, 4.69) is 17.0 Å². The molecule has 2 saturated heterocycles. The highest BCUT2D eigenvalue weighted by Crippen LogP contribution is 2.26. The molecule has 168 valence electrons. The van der Waals surface area contributed by atoms with Crippen LogP contribution in [-0.4, -0.2) is 79.6 Å². The van der Waals surface area contributed by atoms with Crippen molar-refractivity contribution in [1.82, 2.24) is 9.80 Å². The topological polar surface area (TPSA) is 51.2 Å². The summed E-state index contributed by atoms with van der Waals surface area (Å²) >= 11 is 6.05. The fourth-order valence-electron chi connectivity index (χ4n) is 4.29. The summed E-state index contributed by atoms with van der Waals surface area (Å²) in [5.74, 6) is 0. The first kappa shape index (κ1) is 23.3. The number of methoxy groups -OCH3 is 1. The van der Waals surface area contributed by atoms with Crippen molar-refractivity contribution >= 4 is 17.7 Å². The molecule has 0 radical (unpaired) electrons. The van der Waals surface area contributed by atoms with Crippen LogP contribution >= 0.6 is 11.6 Å². The molecule has 0 N–H and O–H groups in total. The third-order valence-corrected chi connectivity index (χ3v) is 5.98. The number of nitrogens with zero attached hydrogens (tertiary/aromatic N) is 2. The van der Waals surface area contributed by atoms with Gasteiger partial charge in [-0.2, -0.15) is 0 Å². The number of benzene rings is 1. The highest BCUT2D eigenvalue weighted by Gasteiger charge is 2.36. The first-order valence-electron chi connectivity index (χ1n) is 10.8. The molecule has 0 saturated carbocycles. The number of morpholine rings is 1. The van der Waals surface area contributed by atoms with E-state index in [9.17, 15) is 4.79 Å². The minimum Gasteiger partial charge on any atom is -0.444 e. The molecule has 0 aromatic heterocycles. The number of carbonyl (C=O) groups excluding carboxylic acids is 1. The molecule has 1 amide bonds. The third-order valence-electron chi connectivity index (χ3n) is 5.73. The van der Waals surface area contributed by atoms with Crippen LogP contribution in [-0.2, 0) is 20.6 Å². The van der Waals surface area contributed by atoms with Crippen LogP contribution in [0.15, 0.2) is 24.3 Å². The molecule has 0 bridgehead atoms. The van der Waals surface area contributed by atoms with Gasteiger partial charge in [-0.05, 0) is 57.7 Å². The number of amides is 1. The fourth-order valence-corrected chi connectivity index (χ4v) is 4.42. The van der Waals surface area contributed by atoms with Crippen LogP contribution in [0.4, 0.5) is 4.79 Å². The summed E-state index contributed by atoms with van der Waals surface area (Å²) in [6, 6.07) is 8.79. The van der Waals surface area contributed by atoms with Crippen molar-refractivity contribution < 1.29 is 19.0 Å². The van der Waals surface area contributed by atoms with Gasteiger partial charge >= 0.3 is 6.09 Å². The Hall–Kier alpha value is -1.34. The molecule has 1 aromatic rings. The van der Waals surface area contributed by atoms with Crippen molar-refractivity contribution in [1.29, 1.82) is 0 Å². The van der Waals surface area contributed by atoms with E-state index in [1.807, 2.05) is 37.8 Å². The lowest BCUT2D eigenvalue weighted by atomic mass is 9.96. The molecule has 7 heteroatoms. The molecule has 2 atom stereocenters. The van der Waals surface area contributed by atoms with E-state index >= 15 is 0 Å². The maximum atomic E-state index is 12.4. The van der Waals surface area contributed by atoms with Crippen LogP contribution in [0.1, 0.15) is 39.2 Å². The molecule has 30 heavy (non-hydrogen) atoms. The Morgan fingerprint density at radius 2 is 1.87 bits per heavy atom. The Balaban J connectivity index is 1.63. The Morgan fingerprint density at radius 3 is 2.47 bits per heavy atom. The van der Waals surface area contributed by atoms with Crippen LogP contribution in [0.3, 0.4) is 0 Å². The molecule has 2 aliphatic rings. The average molecular weight is 439 g/mol. The maximum absolute atomic E-state index is 12.4. The summed E-state index contributed by atoms with van der Waals surface area (Å²) in [5, 5.41) is 0.755. The molecule has 3 rings (SSSR count). The molecule has 1 unspecified atom stereocenters. The lowest BCUT2D eigenvalue weighted by Crippen LogP contribution is -2.58. The highest BCUT2D eigenvalue weighted by molar-refractivity contribution is 6.30. The van der Waals surface area contributed by atoms with Crippen molar-refractivity contribution in [2.24, 2.45) is 0 Å². The van der Waals surface area contributed by atoms with E-state index in [1.54, 1.807) is 7.11 Å². The first-order chi connectivity index (χ1) is 14.2. The zero-order valence-electron chi connectivity index (χ0n) is 18.6.